The predicted octanol–water partition coefficient (Wildman–Crippen LogP) is 5.53. The quantitative estimate of drug-likeness (QED) is 0.200. The number of fused-ring (bicyclic) bond motifs is 2. The minimum atomic E-state index is -1.08. The average Bonchev–Trinajstić information content (AvgIpc) is 3.20. The number of ether oxygens (including phenoxy) is 2. The van der Waals surface area contributed by atoms with Crippen molar-refractivity contribution in [1.29, 1.82) is 0 Å². The van der Waals surface area contributed by atoms with Crippen molar-refractivity contribution >= 4 is 45.5 Å². The van der Waals surface area contributed by atoms with Gasteiger partial charge in [-0.1, -0.05) is 36.7 Å². The molecule has 1 atom stereocenters. The van der Waals surface area contributed by atoms with E-state index in [2.05, 4.69) is 10.3 Å². The van der Waals surface area contributed by atoms with Gasteiger partial charge < -0.3 is 24.2 Å². The molecule has 36 heavy (non-hydrogen) atoms. The normalized spacial score (nSPS) is 12.5. The van der Waals surface area contributed by atoms with Crippen molar-refractivity contribution in [2.75, 3.05) is 0 Å². The Morgan fingerprint density at radius 2 is 1.86 bits per heavy atom. The van der Waals surface area contributed by atoms with Crippen LogP contribution in [0.25, 0.3) is 21.9 Å². The fourth-order valence-corrected chi connectivity index (χ4v) is 4.14. The summed E-state index contributed by atoms with van der Waals surface area (Å²) in [6, 6.07) is 11.0. The number of nitrogens with one attached hydrogen (secondary N) is 2. The van der Waals surface area contributed by atoms with Crippen LogP contribution in [0, 0.1) is 0 Å². The Morgan fingerprint density at radius 3 is 2.58 bits per heavy atom. The highest BCUT2D eigenvalue weighted by molar-refractivity contribution is 6.33. The lowest BCUT2D eigenvalue weighted by Gasteiger charge is -2.23. The summed E-state index contributed by atoms with van der Waals surface area (Å²) in [4.78, 5) is 40.9. The maximum atomic E-state index is 13.3. The molecule has 1 amide bonds. The van der Waals surface area contributed by atoms with E-state index in [1.165, 1.54) is 12.1 Å². The van der Waals surface area contributed by atoms with Crippen LogP contribution in [0.5, 0.6) is 5.75 Å². The molecule has 8 nitrogen and oxygen atoms in total. The first-order valence-electron chi connectivity index (χ1n) is 11.6. The number of rotatable bonds is 6. The molecule has 2 aromatic heterocycles. The van der Waals surface area contributed by atoms with E-state index in [9.17, 15) is 14.4 Å². The van der Waals surface area contributed by atoms with Crippen molar-refractivity contribution in [1.82, 2.24) is 10.3 Å². The van der Waals surface area contributed by atoms with E-state index >= 15 is 0 Å². The van der Waals surface area contributed by atoms with E-state index in [0.29, 0.717) is 11.8 Å². The second-order valence-electron chi connectivity index (χ2n) is 9.41. The molecule has 0 saturated heterocycles. The molecule has 4 rings (SSSR count). The van der Waals surface area contributed by atoms with Crippen molar-refractivity contribution in [3.05, 3.63) is 75.2 Å². The van der Waals surface area contributed by atoms with Gasteiger partial charge in [-0.05, 0) is 50.5 Å². The Labute approximate surface area is 212 Å². The first-order chi connectivity index (χ1) is 17.0. The van der Waals surface area contributed by atoms with Gasteiger partial charge in [0.2, 0.25) is 0 Å². The van der Waals surface area contributed by atoms with E-state index in [-0.39, 0.29) is 22.8 Å². The van der Waals surface area contributed by atoms with Crippen LogP contribution in [0.1, 0.15) is 38.8 Å². The van der Waals surface area contributed by atoms with Crippen molar-refractivity contribution in [3.8, 4) is 5.75 Å². The van der Waals surface area contributed by atoms with Gasteiger partial charge in [-0.2, -0.15) is 0 Å². The monoisotopic (exact) mass is 510 g/mol. The number of amides is 1. The lowest BCUT2D eigenvalue weighted by Crippen LogP contribution is -2.46. The van der Waals surface area contributed by atoms with Gasteiger partial charge in [0.1, 0.15) is 17.2 Å². The lowest BCUT2D eigenvalue weighted by atomic mass is 10.0. The summed E-state index contributed by atoms with van der Waals surface area (Å²) in [6.45, 7) is 7.10. The highest BCUT2D eigenvalue weighted by Gasteiger charge is 2.28. The van der Waals surface area contributed by atoms with E-state index in [4.69, 9.17) is 25.5 Å². The van der Waals surface area contributed by atoms with Gasteiger partial charge in [0.25, 0.3) is 0 Å². The highest BCUT2D eigenvalue weighted by atomic mass is 35.5. The van der Waals surface area contributed by atoms with E-state index in [1.807, 2.05) is 31.2 Å². The summed E-state index contributed by atoms with van der Waals surface area (Å²) in [5, 5.41) is 4.36. The minimum Gasteiger partial charge on any atom is -0.444 e. The maximum absolute atomic E-state index is 13.3. The second kappa shape index (κ2) is 10.1. The van der Waals surface area contributed by atoms with Gasteiger partial charge >= 0.3 is 17.7 Å². The largest absolute Gasteiger partial charge is 0.444 e. The zero-order valence-corrected chi connectivity index (χ0v) is 21.2. The molecule has 4 aromatic rings. The van der Waals surface area contributed by atoms with Crippen LogP contribution in [0.3, 0.4) is 0 Å². The molecule has 0 saturated carbocycles. The van der Waals surface area contributed by atoms with Crippen LogP contribution in [0.2, 0.25) is 5.02 Å². The van der Waals surface area contributed by atoms with Gasteiger partial charge in [-0.15, -0.1) is 0 Å². The molecule has 0 aliphatic rings. The molecule has 0 radical (unpaired) electrons. The first kappa shape index (κ1) is 25.3. The molecule has 0 aliphatic heterocycles. The molecule has 1 unspecified atom stereocenters. The Morgan fingerprint density at radius 1 is 1.11 bits per heavy atom. The molecule has 2 N–H and O–H groups in total. The van der Waals surface area contributed by atoms with Gasteiger partial charge in [-0.3, -0.25) is 0 Å². The fraction of sp³-hybridized carbons (Fsp3) is 0.296. The highest BCUT2D eigenvalue weighted by Crippen LogP contribution is 2.32. The summed E-state index contributed by atoms with van der Waals surface area (Å²) < 4.78 is 16.3. The molecule has 0 spiro atoms. The number of carbonyl (C=O) groups is 2. The first-order valence-corrected chi connectivity index (χ1v) is 11.9. The van der Waals surface area contributed by atoms with Crippen molar-refractivity contribution in [2.24, 2.45) is 0 Å². The second-order valence-corrected chi connectivity index (χ2v) is 9.81. The summed E-state index contributed by atoms with van der Waals surface area (Å²) >= 11 is 6.42. The number of hydrogen-bond donors (Lipinski definition) is 2. The smallest absolute Gasteiger partial charge is 0.408 e. The van der Waals surface area contributed by atoms with Crippen LogP contribution in [0.15, 0.2) is 57.9 Å². The molecule has 0 bridgehead atoms. The molecule has 2 heterocycles. The van der Waals surface area contributed by atoms with Crippen LogP contribution in [-0.4, -0.2) is 28.7 Å². The maximum Gasteiger partial charge on any atom is 0.408 e. The number of H-pyrrole nitrogens is 1. The van der Waals surface area contributed by atoms with E-state index < -0.39 is 29.3 Å². The van der Waals surface area contributed by atoms with E-state index in [0.717, 1.165) is 22.0 Å². The number of alkyl carbamates (subject to hydrolysis) is 1. The van der Waals surface area contributed by atoms with Crippen LogP contribution >= 0.6 is 11.6 Å². The van der Waals surface area contributed by atoms with Crippen LogP contribution < -0.4 is 15.7 Å². The fourth-order valence-electron chi connectivity index (χ4n) is 3.94. The number of aryl methyl sites for hydroxylation is 1. The zero-order chi connectivity index (χ0) is 26.0. The molecular weight excluding hydrogens is 484 g/mol. The average molecular weight is 511 g/mol. The number of esters is 1. The molecule has 9 heteroatoms. The van der Waals surface area contributed by atoms with Gasteiger partial charge in [0.05, 0.1) is 5.02 Å². The molecule has 188 valence electrons. The van der Waals surface area contributed by atoms with Crippen molar-refractivity contribution in [2.45, 2.75) is 52.2 Å². The van der Waals surface area contributed by atoms with Crippen LogP contribution in [-0.2, 0) is 22.4 Å². The third kappa shape index (κ3) is 5.71. The number of halogens is 1. The SMILES string of the molecule is CCc1cc(=O)oc2cc(OC(=O)C(Cc3c[nH]c4ccccc34)NC(=O)OC(C)(C)C)c(Cl)cc12. The number of carbonyl (C=O) groups excluding carboxylic acids is 2. The van der Waals surface area contributed by atoms with E-state index in [1.54, 1.807) is 33.0 Å². The topological polar surface area (TPSA) is 111 Å². The summed E-state index contributed by atoms with van der Waals surface area (Å²) in [7, 11) is 0. The summed E-state index contributed by atoms with van der Waals surface area (Å²) in [5.41, 5.74) is 1.46. The number of benzene rings is 2. The molecule has 0 aliphatic carbocycles. The summed E-state index contributed by atoms with van der Waals surface area (Å²) in [6.07, 6.45) is 1.77. The zero-order valence-electron chi connectivity index (χ0n) is 20.4. The van der Waals surface area contributed by atoms with Gasteiger partial charge in [0.15, 0.2) is 5.75 Å². The number of para-hydroxylation sites is 1. The Kier molecular flexibility index (Phi) is 7.08. The van der Waals surface area contributed by atoms with Crippen molar-refractivity contribution < 1.29 is 23.5 Å². The number of aromatic amines is 1. The van der Waals surface area contributed by atoms with Gasteiger partial charge in [0, 0.05) is 41.0 Å². The molecule has 0 fully saturated rings. The number of hydrogen-bond acceptors (Lipinski definition) is 6. The molecular formula is C27H27ClN2O6. The van der Waals surface area contributed by atoms with Crippen molar-refractivity contribution in [3.63, 3.8) is 0 Å². The predicted molar refractivity (Wildman–Crippen MR) is 138 cm³/mol. The number of aromatic nitrogens is 1. The van der Waals surface area contributed by atoms with Crippen LogP contribution in [0.4, 0.5) is 4.79 Å². The Hall–Kier alpha value is -3.78. The third-order valence-corrected chi connectivity index (χ3v) is 5.84. The minimum absolute atomic E-state index is 0.0143. The molecule has 2 aromatic carbocycles. The third-order valence-electron chi connectivity index (χ3n) is 5.55. The summed E-state index contributed by atoms with van der Waals surface area (Å²) in [5.74, 6) is -0.734. The standard InChI is InChI=1S/C27H27ClN2O6/c1-5-15-11-24(31)34-22-13-23(19(28)12-18(15)22)35-25(32)21(30-26(33)36-27(2,3)4)10-16-14-29-20-9-7-6-8-17(16)20/h6-9,11-14,21,29H,5,10H2,1-4H3,(H,30,33). The lowest BCUT2D eigenvalue weighted by molar-refractivity contribution is -0.136. The Bertz CT molecular complexity index is 1500. The Balaban J connectivity index is 1.65. The van der Waals surface area contributed by atoms with Gasteiger partial charge in [-0.25, -0.2) is 14.4 Å².